The van der Waals surface area contributed by atoms with Crippen LogP contribution in [0.15, 0.2) is 109 Å². The van der Waals surface area contributed by atoms with Crippen LogP contribution < -0.4 is 9.47 Å². The molecule has 0 spiro atoms. The first-order valence-corrected chi connectivity index (χ1v) is 10.7. The second-order valence-electron chi connectivity index (χ2n) is 8.22. The predicted molar refractivity (Wildman–Crippen MR) is 127 cm³/mol. The molecule has 156 valence electrons. The minimum atomic E-state index is -0.115. The van der Waals surface area contributed by atoms with Crippen molar-refractivity contribution in [1.29, 1.82) is 0 Å². The van der Waals surface area contributed by atoms with Crippen LogP contribution in [0.1, 0.15) is 36.1 Å². The minimum absolute atomic E-state index is 0.115. The van der Waals surface area contributed by atoms with Gasteiger partial charge in [0.15, 0.2) is 0 Å². The second-order valence-corrected chi connectivity index (χ2v) is 8.22. The van der Waals surface area contributed by atoms with E-state index in [1.807, 2.05) is 36.4 Å². The lowest BCUT2D eigenvalue weighted by molar-refractivity contribution is 0.306. The summed E-state index contributed by atoms with van der Waals surface area (Å²) in [6.07, 6.45) is 0. The monoisotopic (exact) mass is 408 g/mol. The van der Waals surface area contributed by atoms with Gasteiger partial charge in [-0.2, -0.15) is 0 Å². The van der Waals surface area contributed by atoms with Crippen LogP contribution in [0.25, 0.3) is 0 Å². The van der Waals surface area contributed by atoms with Crippen LogP contribution in [-0.4, -0.2) is 0 Å². The lowest BCUT2D eigenvalue weighted by atomic mass is 9.78. The molecule has 0 unspecified atom stereocenters. The Bertz CT molecular complexity index is 978. The fourth-order valence-electron chi connectivity index (χ4n) is 3.58. The highest BCUT2D eigenvalue weighted by Crippen LogP contribution is 2.33. The van der Waals surface area contributed by atoms with Crippen LogP contribution in [0.3, 0.4) is 0 Å². The first-order valence-electron chi connectivity index (χ1n) is 10.7. The first kappa shape index (κ1) is 20.7. The molecule has 0 bridgehead atoms. The molecule has 31 heavy (non-hydrogen) atoms. The smallest absolute Gasteiger partial charge is 0.119 e. The molecular weight excluding hydrogens is 380 g/mol. The highest BCUT2D eigenvalue weighted by atomic mass is 16.5. The van der Waals surface area contributed by atoms with Crippen LogP contribution >= 0.6 is 0 Å². The quantitative estimate of drug-likeness (QED) is 0.308. The third-order valence-electron chi connectivity index (χ3n) is 5.65. The molecule has 0 amide bonds. The first-order chi connectivity index (χ1) is 15.1. The van der Waals surface area contributed by atoms with E-state index >= 15 is 0 Å². The van der Waals surface area contributed by atoms with E-state index in [2.05, 4.69) is 86.6 Å². The Morgan fingerprint density at radius 2 is 0.839 bits per heavy atom. The maximum atomic E-state index is 5.93. The van der Waals surface area contributed by atoms with E-state index in [1.165, 1.54) is 22.3 Å². The van der Waals surface area contributed by atoms with Gasteiger partial charge in [-0.05, 0) is 46.5 Å². The topological polar surface area (TPSA) is 18.5 Å². The summed E-state index contributed by atoms with van der Waals surface area (Å²) < 4.78 is 11.9. The number of rotatable bonds is 8. The van der Waals surface area contributed by atoms with Crippen LogP contribution in [0, 0.1) is 0 Å². The third-order valence-corrected chi connectivity index (χ3v) is 5.65. The third kappa shape index (κ3) is 5.35. The van der Waals surface area contributed by atoms with Gasteiger partial charge in [0.05, 0.1) is 0 Å². The zero-order chi connectivity index (χ0) is 21.5. The number of hydrogen-bond acceptors (Lipinski definition) is 2. The summed E-state index contributed by atoms with van der Waals surface area (Å²) in [7, 11) is 0. The van der Waals surface area contributed by atoms with Gasteiger partial charge in [0, 0.05) is 5.41 Å². The maximum absolute atomic E-state index is 5.93. The lowest BCUT2D eigenvalue weighted by Gasteiger charge is -2.26. The van der Waals surface area contributed by atoms with Gasteiger partial charge in [0.2, 0.25) is 0 Å². The molecule has 0 aliphatic rings. The van der Waals surface area contributed by atoms with E-state index in [9.17, 15) is 0 Å². The van der Waals surface area contributed by atoms with Gasteiger partial charge >= 0.3 is 0 Å². The second kappa shape index (κ2) is 9.53. The SMILES string of the molecule is CC(C)(c1ccc(OCc2ccccc2)cc1)c1ccc(OCc2ccccc2)cc1. The maximum Gasteiger partial charge on any atom is 0.119 e. The zero-order valence-electron chi connectivity index (χ0n) is 18.1. The molecular formula is C29H28O2. The zero-order valence-corrected chi connectivity index (χ0v) is 18.1. The number of benzene rings is 4. The molecule has 4 rings (SSSR count). The van der Waals surface area contributed by atoms with Gasteiger partial charge in [-0.3, -0.25) is 0 Å². The molecule has 4 aromatic rings. The molecule has 2 heteroatoms. The Labute approximate surface area is 185 Å². The van der Waals surface area contributed by atoms with E-state index in [-0.39, 0.29) is 5.41 Å². The summed E-state index contributed by atoms with van der Waals surface area (Å²) in [5, 5.41) is 0. The lowest BCUT2D eigenvalue weighted by Crippen LogP contribution is -2.18. The Balaban J connectivity index is 1.39. The Kier molecular flexibility index (Phi) is 6.37. The largest absolute Gasteiger partial charge is 0.489 e. The average Bonchev–Trinajstić information content (AvgIpc) is 2.83. The van der Waals surface area contributed by atoms with E-state index in [0.29, 0.717) is 13.2 Å². The van der Waals surface area contributed by atoms with Crippen LogP contribution in [0.5, 0.6) is 11.5 Å². The van der Waals surface area contributed by atoms with Crippen molar-refractivity contribution < 1.29 is 9.47 Å². The van der Waals surface area contributed by atoms with Crippen molar-refractivity contribution in [3.05, 3.63) is 131 Å². The van der Waals surface area contributed by atoms with Crippen LogP contribution in [-0.2, 0) is 18.6 Å². The van der Waals surface area contributed by atoms with Gasteiger partial charge in [-0.1, -0.05) is 98.8 Å². The summed E-state index contributed by atoms with van der Waals surface area (Å²) in [6, 6.07) is 37.3. The van der Waals surface area contributed by atoms with Crippen molar-refractivity contribution in [3.63, 3.8) is 0 Å². The highest BCUT2D eigenvalue weighted by Gasteiger charge is 2.23. The average molecular weight is 409 g/mol. The normalized spacial score (nSPS) is 11.2. The minimum Gasteiger partial charge on any atom is -0.489 e. The molecule has 0 aliphatic carbocycles. The molecule has 2 nitrogen and oxygen atoms in total. The molecule has 0 saturated carbocycles. The van der Waals surface area contributed by atoms with E-state index in [4.69, 9.17) is 9.47 Å². The summed E-state index contributed by atoms with van der Waals surface area (Å²) in [6.45, 7) is 5.64. The molecule has 0 N–H and O–H groups in total. The van der Waals surface area contributed by atoms with Crippen LogP contribution in [0.4, 0.5) is 0 Å². The van der Waals surface area contributed by atoms with Gasteiger partial charge in [0.1, 0.15) is 24.7 Å². The molecule has 0 radical (unpaired) electrons. The Morgan fingerprint density at radius 3 is 1.19 bits per heavy atom. The van der Waals surface area contributed by atoms with Crippen molar-refractivity contribution >= 4 is 0 Å². The number of ether oxygens (including phenoxy) is 2. The van der Waals surface area contributed by atoms with E-state index in [1.54, 1.807) is 0 Å². The summed E-state index contributed by atoms with van der Waals surface area (Å²) >= 11 is 0. The van der Waals surface area contributed by atoms with Crippen LogP contribution in [0.2, 0.25) is 0 Å². The summed E-state index contributed by atoms with van der Waals surface area (Å²) in [5.41, 5.74) is 4.72. The van der Waals surface area contributed by atoms with E-state index < -0.39 is 0 Å². The molecule has 0 aliphatic heterocycles. The molecule has 0 heterocycles. The number of hydrogen-bond donors (Lipinski definition) is 0. The molecule has 0 atom stereocenters. The van der Waals surface area contributed by atoms with Crippen molar-refractivity contribution in [2.45, 2.75) is 32.5 Å². The van der Waals surface area contributed by atoms with Crippen molar-refractivity contribution in [1.82, 2.24) is 0 Å². The predicted octanol–water partition coefficient (Wildman–Crippen LogP) is 7.17. The van der Waals surface area contributed by atoms with Gasteiger partial charge in [0.25, 0.3) is 0 Å². The highest BCUT2D eigenvalue weighted by molar-refractivity contribution is 5.42. The molecule has 4 aromatic carbocycles. The fraction of sp³-hybridized carbons (Fsp3) is 0.172. The standard InChI is InChI=1S/C29H28O2/c1-29(2,25-13-17-27(18-14-25)30-21-23-9-5-3-6-10-23)26-15-19-28(20-16-26)31-22-24-11-7-4-8-12-24/h3-20H,21-22H2,1-2H3. The summed E-state index contributed by atoms with van der Waals surface area (Å²) in [4.78, 5) is 0. The molecule has 0 fully saturated rings. The van der Waals surface area contributed by atoms with Gasteiger partial charge in [-0.25, -0.2) is 0 Å². The van der Waals surface area contributed by atoms with Gasteiger partial charge < -0.3 is 9.47 Å². The Hall–Kier alpha value is -3.52. The van der Waals surface area contributed by atoms with Crippen molar-refractivity contribution in [2.75, 3.05) is 0 Å². The molecule has 0 aromatic heterocycles. The van der Waals surface area contributed by atoms with Gasteiger partial charge in [-0.15, -0.1) is 0 Å². The molecule has 0 saturated heterocycles. The summed E-state index contributed by atoms with van der Waals surface area (Å²) in [5.74, 6) is 1.76. The Morgan fingerprint density at radius 1 is 0.484 bits per heavy atom. The van der Waals surface area contributed by atoms with Crippen molar-refractivity contribution in [3.8, 4) is 11.5 Å². The van der Waals surface area contributed by atoms with Crippen molar-refractivity contribution in [2.24, 2.45) is 0 Å². The van der Waals surface area contributed by atoms with E-state index in [0.717, 1.165) is 11.5 Å². The fourth-order valence-corrected chi connectivity index (χ4v) is 3.58.